The molecule has 29 heavy (non-hydrogen) atoms. The fourth-order valence-electron chi connectivity index (χ4n) is 4.01. The summed E-state index contributed by atoms with van der Waals surface area (Å²) in [7, 11) is 0. The van der Waals surface area contributed by atoms with Gasteiger partial charge in [-0.3, -0.25) is 14.9 Å². The van der Waals surface area contributed by atoms with Gasteiger partial charge in [0.2, 0.25) is 5.91 Å². The first kappa shape index (κ1) is 17.4. The van der Waals surface area contributed by atoms with Crippen molar-refractivity contribution in [3.8, 4) is 16.9 Å². The second kappa shape index (κ2) is 6.70. The number of nitrogens with zero attached hydrogens (tertiary/aromatic N) is 3. The van der Waals surface area contributed by atoms with Crippen molar-refractivity contribution < 1.29 is 9.18 Å². The third-order valence-electron chi connectivity index (χ3n) is 5.30. The molecule has 4 aromatic rings. The van der Waals surface area contributed by atoms with Gasteiger partial charge in [-0.1, -0.05) is 0 Å². The number of hydrogen-bond donors (Lipinski definition) is 2. The molecule has 0 saturated carbocycles. The number of nitrogens with one attached hydrogen (secondary N) is 2. The molecular weight excluding hydrogens is 369 g/mol. The molecule has 0 saturated heterocycles. The van der Waals surface area contributed by atoms with E-state index in [9.17, 15) is 9.18 Å². The zero-order valence-electron chi connectivity index (χ0n) is 15.7. The number of hydrogen-bond acceptors (Lipinski definition) is 3. The molecule has 1 atom stereocenters. The van der Waals surface area contributed by atoms with E-state index in [2.05, 4.69) is 25.1 Å². The van der Waals surface area contributed by atoms with Gasteiger partial charge >= 0.3 is 0 Å². The molecule has 1 amide bonds. The summed E-state index contributed by atoms with van der Waals surface area (Å²) >= 11 is 0. The largest absolute Gasteiger partial charge is 0.316 e. The van der Waals surface area contributed by atoms with Crippen LogP contribution in [0.1, 0.15) is 29.3 Å². The quantitative estimate of drug-likeness (QED) is 0.554. The van der Waals surface area contributed by atoms with E-state index in [1.165, 1.54) is 12.1 Å². The minimum Gasteiger partial charge on any atom is -0.316 e. The van der Waals surface area contributed by atoms with Gasteiger partial charge in [0.05, 0.1) is 17.6 Å². The molecule has 1 unspecified atom stereocenters. The number of rotatable bonds is 3. The lowest BCUT2D eigenvalue weighted by atomic mass is 9.87. The summed E-state index contributed by atoms with van der Waals surface area (Å²) in [6.07, 6.45) is 3.83. The topological polar surface area (TPSA) is 75.6 Å². The van der Waals surface area contributed by atoms with Gasteiger partial charge in [-0.15, -0.1) is 0 Å². The summed E-state index contributed by atoms with van der Waals surface area (Å²) in [5.41, 5.74) is 5.46. The van der Waals surface area contributed by atoms with E-state index >= 15 is 0 Å². The van der Waals surface area contributed by atoms with Crippen LogP contribution >= 0.6 is 0 Å². The van der Waals surface area contributed by atoms with Gasteiger partial charge in [0, 0.05) is 41.1 Å². The standard InChI is InChI=1S/C22H18FN5O/c1-13-4-9-18(28(13)16-3-2-10-24-12-16)17-11-19(29)25-22-20(17)21(26-27-22)14-5-7-15(23)8-6-14/h2-10,12,17H,11H2,1H3,(H2,25,26,27,29). The van der Waals surface area contributed by atoms with E-state index in [0.29, 0.717) is 12.2 Å². The van der Waals surface area contributed by atoms with E-state index in [1.807, 2.05) is 31.2 Å². The van der Waals surface area contributed by atoms with Crippen LogP contribution in [0.5, 0.6) is 0 Å². The zero-order valence-corrected chi connectivity index (χ0v) is 15.7. The number of anilines is 1. The number of benzene rings is 1. The Morgan fingerprint density at radius 1 is 1.14 bits per heavy atom. The summed E-state index contributed by atoms with van der Waals surface area (Å²) in [5, 5.41) is 10.2. The number of aromatic nitrogens is 4. The molecule has 4 heterocycles. The summed E-state index contributed by atoms with van der Waals surface area (Å²) < 4.78 is 15.5. The molecule has 7 heteroatoms. The Bertz CT molecular complexity index is 1190. The van der Waals surface area contributed by atoms with Crippen molar-refractivity contribution >= 4 is 11.7 Å². The number of carbonyl (C=O) groups is 1. The van der Waals surface area contributed by atoms with Crippen molar-refractivity contribution in [1.29, 1.82) is 0 Å². The number of halogens is 1. The number of H-pyrrole nitrogens is 1. The number of aryl methyl sites for hydroxylation is 1. The molecule has 2 N–H and O–H groups in total. The lowest BCUT2D eigenvalue weighted by Gasteiger charge is -2.25. The smallest absolute Gasteiger partial charge is 0.226 e. The van der Waals surface area contributed by atoms with Crippen LogP contribution in [-0.2, 0) is 4.79 Å². The lowest BCUT2D eigenvalue weighted by molar-refractivity contribution is -0.116. The summed E-state index contributed by atoms with van der Waals surface area (Å²) in [6, 6.07) is 14.2. The fourth-order valence-corrected chi connectivity index (χ4v) is 4.01. The maximum atomic E-state index is 13.4. The van der Waals surface area contributed by atoms with E-state index in [-0.39, 0.29) is 17.6 Å². The van der Waals surface area contributed by atoms with Crippen molar-refractivity contribution in [2.75, 3.05) is 5.32 Å². The Morgan fingerprint density at radius 2 is 1.97 bits per heavy atom. The maximum Gasteiger partial charge on any atom is 0.226 e. The summed E-state index contributed by atoms with van der Waals surface area (Å²) in [6.45, 7) is 2.02. The Labute approximate surface area is 166 Å². The second-order valence-electron chi connectivity index (χ2n) is 7.12. The van der Waals surface area contributed by atoms with Crippen molar-refractivity contribution in [2.45, 2.75) is 19.3 Å². The predicted molar refractivity (Wildman–Crippen MR) is 107 cm³/mol. The van der Waals surface area contributed by atoms with Gasteiger partial charge in [0.1, 0.15) is 5.82 Å². The van der Waals surface area contributed by atoms with Crippen molar-refractivity contribution in [3.05, 3.63) is 83.7 Å². The number of amides is 1. The Hall–Kier alpha value is -3.74. The molecule has 1 aliphatic heterocycles. The molecule has 0 spiro atoms. The highest BCUT2D eigenvalue weighted by molar-refractivity contribution is 5.96. The first-order chi connectivity index (χ1) is 14.1. The van der Waals surface area contributed by atoms with Crippen LogP contribution in [0.3, 0.4) is 0 Å². The average molecular weight is 387 g/mol. The predicted octanol–water partition coefficient (Wildman–Crippen LogP) is 4.18. The summed E-state index contributed by atoms with van der Waals surface area (Å²) in [4.78, 5) is 16.7. The molecule has 0 fully saturated rings. The Morgan fingerprint density at radius 3 is 2.72 bits per heavy atom. The fraction of sp³-hybridized carbons (Fsp3) is 0.136. The average Bonchev–Trinajstić information content (AvgIpc) is 3.32. The number of carbonyl (C=O) groups excluding carboxylic acids is 1. The Kier molecular flexibility index (Phi) is 4.01. The van der Waals surface area contributed by atoms with Crippen LogP contribution in [0.25, 0.3) is 16.9 Å². The van der Waals surface area contributed by atoms with Crippen molar-refractivity contribution in [3.63, 3.8) is 0 Å². The maximum absolute atomic E-state index is 13.4. The molecule has 3 aromatic heterocycles. The lowest BCUT2D eigenvalue weighted by Crippen LogP contribution is -2.24. The molecule has 5 rings (SSSR count). The molecule has 1 aromatic carbocycles. The van der Waals surface area contributed by atoms with Crippen LogP contribution in [0, 0.1) is 12.7 Å². The van der Waals surface area contributed by atoms with Gasteiger partial charge in [0.15, 0.2) is 5.82 Å². The van der Waals surface area contributed by atoms with Crippen LogP contribution < -0.4 is 5.32 Å². The number of pyridine rings is 1. The normalized spacial score (nSPS) is 15.8. The molecule has 144 valence electrons. The van der Waals surface area contributed by atoms with Crippen LogP contribution in [0.15, 0.2) is 60.9 Å². The van der Waals surface area contributed by atoms with Gasteiger partial charge < -0.3 is 9.88 Å². The highest BCUT2D eigenvalue weighted by Gasteiger charge is 2.34. The Balaban J connectivity index is 1.69. The summed E-state index contributed by atoms with van der Waals surface area (Å²) in [5.74, 6) is -0.0714. The van der Waals surface area contributed by atoms with Gasteiger partial charge in [-0.2, -0.15) is 5.10 Å². The highest BCUT2D eigenvalue weighted by atomic mass is 19.1. The number of fused-ring (bicyclic) bond motifs is 1. The minimum atomic E-state index is -0.298. The van der Waals surface area contributed by atoms with E-state index in [1.54, 1.807) is 24.5 Å². The molecular formula is C22H18FN5O. The van der Waals surface area contributed by atoms with Gasteiger partial charge in [0.25, 0.3) is 0 Å². The molecule has 0 bridgehead atoms. The molecule has 0 radical (unpaired) electrons. The first-order valence-corrected chi connectivity index (χ1v) is 9.34. The zero-order chi connectivity index (χ0) is 20.0. The minimum absolute atomic E-state index is 0.0868. The van der Waals surface area contributed by atoms with Crippen LogP contribution in [0.2, 0.25) is 0 Å². The number of aromatic amines is 1. The third-order valence-corrected chi connectivity index (χ3v) is 5.30. The second-order valence-corrected chi connectivity index (χ2v) is 7.12. The van der Waals surface area contributed by atoms with Gasteiger partial charge in [-0.25, -0.2) is 4.39 Å². The van der Waals surface area contributed by atoms with Crippen LogP contribution in [0.4, 0.5) is 10.2 Å². The highest BCUT2D eigenvalue weighted by Crippen LogP contribution is 2.42. The third kappa shape index (κ3) is 2.91. The SMILES string of the molecule is Cc1ccc(C2CC(=O)Nc3n[nH]c(-c4ccc(F)cc4)c32)n1-c1cccnc1. The van der Waals surface area contributed by atoms with Crippen molar-refractivity contribution in [1.82, 2.24) is 19.7 Å². The molecule has 0 aliphatic carbocycles. The van der Waals surface area contributed by atoms with E-state index < -0.39 is 0 Å². The van der Waals surface area contributed by atoms with Crippen molar-refractivity contribution in [2.24, 2.45) is 0 Å². The van der Waals surface area contributed by atoms with E-state index in [0.717, 1.165) is 33.9 Å². The van der Waals surface area contributed by atoms with E-state index in [4.69, 9.17) is 0 Å². The molecule has 6 nitrogen and oxygen atoms in total. The molecule has 1 aliphatic rings. The van der Waals surface area contributed by atoms with Crippen LogP contribution in [-0.4, -0.2) is 25.7 Å². The van der Waals surface area contributed by atoms with Gasteiger partial charge in [-0.05, 0) is 55.5 Å². The monoisotopic (exact) mass is 387 g/mol. The first-order valence-electron chi connectivity index (χ1n) is 9.34.